The van der Waals surface area contributed by atoms with Gasteiger partial charge < -0.3 is 9.15 Å². The number of fused-ring (bicyclic) bond motifs is 1. The minimum atomic E-state index is 0.350. The van der Waals surface area contributed by atoms with E-state index in [4.69, 9.17) is 14.3 Å². The molecule has 2 aromatic rings. The van der Waals surface area contributed by atoms with Gasteiger partial charge in [0.1, 0.15) is 0 Å². The van der Waals surface area contributed by atoms with E-state index in [1.165, 1.54) is 16.8 Å². The van der Waals surface area contributed by atoms with Crippen molar-refractivity contribution in [1.29, 1.82) is 0 Å². The van der Waals surface area contributed by atoms with Gasteiger partial charge >= 0.3 is 0 Å². The van der Waals surface area contributed by atoms with Crippen molar-refractivity contribution < 1.29 is 9.15 Å². The van der Waals surface area contributed by atoms with Gasteiger partial charge in [0.25, 0.3) is 0 Å². The Labute approximate surface area is 119 Å². The largest absolute Gasteiger partial charge is 0.472 e. The van der Waals surface area contributed by atoms with Crippen LogP contribution in [0.5, 0.6) is 0 Å². The number of aromatic nitrogens is 2. The Morgan fingerprint density at radius 2 is 2.40 bits per heavy atom. The third kappa shape index (κ3) is 2.64. The fraction of sp³-hybridized carbons (Fsp3) is 0.533. The lowest BCUT2D eigenvalue weighted by atomic mass is 9.97. The molecule has 0 spiro atoms. The standard InChI is InChI=1S/C15H21N3O2/c1-3-18-9-13-7-17(6-12-4-5-20-10-12)8-14(11-19-2)15(13)16-18/h4-5,9-10,14H,3,6-8,11H2,1-2H3/t14-/m1/s1. The topological polar surface area (TPSA) is 43.4 Å². The second-order valence-electron chi connectivity index (χ2n) is 5.35. The van der Waals surface area contributed by atoms with E-state index in [0.717, 1.165) is 32.8 Å². The van der Waals surface area contributed by atoms with Gasteiger partial charge in [-0.05, 0) is 13.0 Å². The van der Waals surface area contributed by atoms with Crippen LogP contribution < -0.4 is 0 Å². The van der Waals surface area contributed by atoms with Crippen molar-refractivity contribution in [1.82, 2.24) is 14.7 Å². The molecule has 1 aliphatic rings. The summed E-state index contributed by atoms with van der Waals surface area (Å²) in [5.74, 6) is 0.350. The molecule has 108 valence electrons. The maximum absolute atomic E-state index is 5.37. The van der Waals surface area contributed by atoms with E-state index in [1.54, 1.807) is 13.4 Å². The highest BCUT2D eigenvalue weighted by Crippen LogP contribution is 2.28. The lowest BCUT2D eigenvalue weighted by Gasteiger charge is -2.31. The second kappa shape index (κ2) is 5.81. The van der Waals surface area contributed by atoms with Gasteiger partial charge in [0.2, 0.25) is 0 Å². The number of hydrogen-bond acceptors (Lipinski definition) is 4. The van der Waals surface area contributed by atoms with Crippen molar-refractivity contribution in [3.05, 3.63) is 41.6 Å². The van der Waals surface area contributed by atoms with Crippen LogP contribution in [0, 0.1) is 0 Å². The molecular formula is C15H21N3O2. The van der Waals surface area contributed by atoms with Crippen LogP contribution in [0.3, 0.4) is 0 Å². The van der Waals surface area contributed by atoms with E-state index in [0.29, 0.717) is 5.92 Å². The summed E-state index contributed by atoms with van der Waals surface area (Å²) < 4.78 is 12.5. The molecule has 0 aromatic carbocycles. The number of furan rings is 1. The lowest BCUT2D eigenvalue weighted by molar-refractivity contribution is 0.134. The highest BCUT2D eigenvalue weighted by atomic mass is 16.5. The van der Waals surface area contributed by atoms with E-state index >= 15 is 0 Å². The average molecular weight is 275 g/mol. The molecule has 0 radical (unpaired) electrons. The molecule has 0 bridgehead atoms. The Morgan fingerprint density at radius 3 is 3.10 bits per heavy atom. The Bertz CT molecular complexity index is 547. The molecule has 2 aromatic heterocycles. The van der Waals surface area contributed by atoms with Crippen LogP contribution in [0.2, 0.25) is 0 Å². The Kier molecular flexibility index (Phi) is 3.89. The van der Waals surface area contributed by atoms with Gasteiger partial charge in [-0.3, -0.25) is 9.58 Å². The van der Waals surface area contributed by atoms with Crippen molar-refractivity contribution >= 4 is 0 Å². The zero-order valence-electron chi connectivity index (χ0n) is 12.1. The molecule has 3 rings (SSSR count). The first kappa shape index (κ1) is 13.4. The predicted octanol–water partition coefficient (Wildman–Crippen LogP) is 2.24. The monoisotopic (exact) mass is 275 g/mol. The van der Waals surface area contributed by atoms with Crippen LogP contribution in [-0.4, -0.2) is 34.9 Å². The number of ether oxygens (including phenoxy) is 1. The van der Waals surface area contributed by atoms with Gasteiger partial charge in [-0.25, -0.2) is 0 Å². The van der Waals surface area contributed by atoms with E-state index in [1.807, 2.05) is 17.0 Å². The van der Waals surface area contributed by atoms with Gasteiger partial charge in [0.05, 0.1) is 24.8 Å². The Hall–Kier alpha value is -1.59. The summed E-state index contributed by atoms with van der Waals surface area (Å²) in [6.45, 7) is 6.58. The summed E-state index contributed by atoms with van der Waals surface area (Å²) in [5.41, 5.74) is 3.74. The third-order valence-corrected chi connectivity index (χ3v) is 3.81. The fourth-order valence-corrected chi connectivity index (χ4v) is 2.90. The second-order valence-corrected chi connectivity index (χ2v) is 5.35. The molecule has 1 aliphatic heterocycles. The van der Waals surface area contributed by atoms with Gasteiger partial charge in [0.15, 0.2) is 0 Å². The first-order valence-corrected chi connectivity index (χ1v) is 7.08. The quantitative estimate of drug-likeness (QED) is 0.839. The van der Waals surface area contributed by atoms with Crippen LogP contribution in [0.4, 0.5) is 0 Å². The maximum atomic E-state index is 5.37. The first-order chi connectivity index (χ1) is 9.80. The zero-order valence-corrected chi connectivity index (χ0v) is 12.1. The predicted molar refractivity (Wildman–Crippen MR) is 75.3 cm³/mol. The summed E-state index contributed by atoms with van der Waals surface area (Å²) in [7, 11) is 1.76. The van der Waals surface area contributed by atoms with Crippen LogP contribution >= 0.6 is 0 Å². The van der Waals surface area contributed by atoms with Crippen LogP contribution in [0.15, 0.2) is 29.2 Å². The Morgan fingerprint density at radius 1 is 1.50 bits per heavy atom. The summed E-state index contributed by atoms with van der Waals surface area (Å²) in [6.07, 6.45) is 5.71. The molecule has 5 heteroatoms. The minimum absolute atomic E-state index is 0.350. The molecule has 5 nitrogen and oxygen atoms in total. The molecular weight excluding hydrogens is 254 g/mol. The minimum Gasteiger partial charge on any atom is -0.472 e. The van der Waals surface area contributed by atoms with E-state index < -0.39 is 0 Å². The number of aryl methyl sites for hydroxylation is 1. The normalized spacial score (nSPS) is 19.2. The van der Waals surface area contributed by atoms with Crippen LogP contribution in [-0.2, 0) is 24.4 Å². The molecule has 20 heavy (non-hydrogen) atoms. The number of rotatable bonds is 5. The smallest absolute Gasteiger partial charge is 0.0947 e. The maximum Gasteiger partial charge on any atom is 0.0947 e. The third-order valence-electron chi connectivity index (χ3n) is 3.81. The van der Waals surface area contributed by atoms with E-state index in [9.17, 15) is 0 Å². The number of nitrogens with zero attached hydrogens (tertiary/aromatic N) is 3. The lowest BCUT2D eigenvalue weighted by Crippen LogP contribution is -2.34. The van der Waals surface area contributed by atoms with Crippen LogP contribution in [0.1, 0.15) is 29.7 Å². The summed E-state index contributed by atoms with van der Waals surface area (Å²) in [4.78, 5) is 2.43. The van der Waals surface area contributed by atoms with Crippen LogP contribution in [0.25, 0.3) is 0 Å². The molecule has 0 amide bonds. The van der Waals surface area contributed by atoms with Crippen molar-refractivity contribution in [2.75, 3.05) is 20.3 Å². The molecule has 1 atom stereocenters. The van der Waals surface area contributed by atoms with E-state index in [2.05, 4.69) is 18.0 Å². The molecule has 0 fully saturated rings. The summed E-state index contributed by atoms with van der Waals surface area (Å²) >= 11 is 0. The van der Waals surface area contributed by atoms with Gasteiger partial charge in [-0.2, -0.15) is 5.10 Å². The first-order valence-electron chi connectivity index (χ1n) is 7.08. The van der Waals surface area contributed by atoms with Crippen molar-refractivity contribution in [3.63, 3.8) is 0 Å². The molecule has 0 unspecified atom stereocenters. The van der Waals surface area contributed by atoms with Crippen molar-refractivity contribution in [2.24, 2.45) is 0 Å². The van der Waals surface area contributed by atoms with Crippen molar-refractivity contribution in [3.8, 4) is 0 Å². The average Bonchev–Trinajstić information content (AvgIpc) is 3.08. The molecule has 0 aliphatic carbocycles. The highest BCUT2D eigenvalue weighted by molar-refractivity contribution is 5.25. The fourth-order valence-electron chi connectivity index (χ4n) is 2.90. The van der Waals surface area contributed by atoms with Gasteiger partial charge in [-0.1, -0.05) is 0 Å². The SMILES string of the molecule is CCn1cc2c(n1)[C@@H](COC)CN(Cc1ccoc1)C2. The Balaban J connectivity index is 1.80. The summed E-state index contributed by atoms with van der Waals surface area (Å²) in [5, 5.41) is 4.69. The highest BCUT2D eigenvalue weighted by Gasteiger charge is 2.28. The number of hydrogen-bond donors (Lipinski definition) is 0. The molecule has 3 heterocycles. The molecule has 0 N–H and O–H groups in total. The molecule has 0 saturated heterocycles. The van der Waals surface area contributed by atoms with Gasteiger partial charge in [0, 0.05) is 56.5 Å². The summed E-state index contributed by atoms with van der Waals surface area (Å²) in [6, 6.07) is 2.02. The van der Waals surface area contributed by atoms with E-state index in [-0.39, 0.29) is 0 Å². The van der Waals surface area contributed by atoms with Gasteiger partial charge in [-0.15, -0.1) is 0 Å². The number of methoxy groups -OCH3 is 1. The zero-order chi connectivity index (χ0) is 13.9. The van der Waals surface area contributed by atoms with Crippen molar-refractivity contribution in [2.45, 2.75) is 32.5 Å². The molecule has 0 saturated carbocycles.